The second-order valence-corrected chi connectivity index (χ2v) is 5.82. The van der Waals surface area contributed by atoms with Crippen molar-refractivity contribution in [2.45, 2.75) is 39.5 Å². The molecule has 1 aliphatic rings. The van der Waals surface area contributed by atoms with Crippen molar-refractivity contribution < 1.29 is 0 Å². The molecule has 21 heavy (non-hydrogen) atoms. The maximum absolute atomic E-state index is 5.58. The van der Waals surface area contributed by atoms with Crippen LogP contribution in [0.1, 0.15) is 41.3 Å². The van der Waals surface area contributed by atoms with Gasteiger partial charge in [-0.15, -0.1) is 0 Å². The molecule has 1 aromatic carbocycles. The molecule has 0 unspecified atom stereocenters. The van der Waals surface area contributed by atoms with E-state index in [0.717, 1.165) is 35.7 Å². The average Bonchev–Trinajstić information content (AvgIpc) is 3.24. The van der Waals surface area contributed by atoms with E-state index in [1.807, 2.05) is 6.92 Å². The average molecular weight is 283 g/mol. The van der Waals surface area contributed by atoms with Gasteiger partial charge in [-0.3, -0.25) is 0 Å². The smallest absolute Gasteiger partial charge is 0.148 e. The summed E-state index contributed by atoms with van der Waals surface area (Å²) >= 11 is 0. The Kier molecular flexibility index (Phi) is 3.51. The first kappa shape index (κ1) is 13.8. The molecule has 0 saturated heterocycles. The van der Waals surface area contributed by atoms with Gasteiger partial charge in [0.05, 0.1) is 0 Å². The van der Waals surface area contributed by atoms with Crippen LogP contribution in [0.3, 0.4) is 0 Å². The van der Waals surface area contributed by atoms with Crippen molar-refractivity contribution in [2.75, 3.05) is 10.7 Å². The zero-order valence-electron chi connectivity index (χ0n) is 12.7. The van der Waals surface area contributed by atoms with Gasteiger partial charge in [0, 0.05) is 17.2 Å². The number of nitrogen functional groups attached to an aromatic ring is 1. The Bertz CT molecular complexity index is 656. The van der Waals surface area contributed by atoms with Crippen LogP contribution in [0.2, 0.25) is 0 Å². The molecule has 110 valence electrons. The van der Waals surface area contributed by atoms with E-state index in [2.05, 4.69) is 52.8 Å². The number of anilines is 3. The van der Waals surface area contributed by atoms with Crippen LogP contribution in [0.25, 0.3) is 0 Å². The Hall–Kier alpha value is -2.14. The first-order valence-electron chi connectivity index (χ1n) is 7.27. The van der Waals surface area contributed by atoms with Gasteiger partial charge in [-0.2, -0.15) is 0 Å². The van der Waals surface area contributed by atoms with Gasteiger partial charge < -0.3 is 10.7 Å². The molecule has 1 aromatic heterocycles. The van der Waals surface area contributed by atoms with Crippen molar-refractivity contribution >= 4 is 17.3 Å². The third kappa shape index (κ3) is 2.97. The number of aryl methyl sites for hydroxylation is 2. The minimum Gasteiger partial charge on any atom is -0.340 e. The van der Waals surface area contributed by atoms with Gasteiger partial charge in [0.2, 0.25) is 0 Å². The maximum Gasteiger partial charge on any atom is 0.148 e. The zero-order valence-corrected chi connectivity index (χ0v) is 12.7. The van der Waals surface area contributed by atoms with Crippen LogP contribution in [0.15, 0.2) is 18.2 Å². The maximum atomic E-state index is 5.58. The summed E-state index contributed by atoms with van der Waals surface area (Å²) in [5.74, 6) is 8.46. The molecule has 2 aromatic rings. The number of nitrogens with zero attached hydrogens (tertiary/aromatic N) is 2. The van der Waals surface area contributed by atoms with Crippen molar-refractivity contribution in [3.05, 3.63) is 40.7 Å². The van der Waals surface area contributed by atoms with Crippen LogP contribution in [0.5, 0.6) is 0 Å². The normalized spacial score (nSPS) is 14.1. The lowest BCUT2D eigenvalue weighted by Gasteiger charge is -2.14. The highest BCUT2D eigenvalue weighted by atomic mass is 15.3. The molecule has 5 heteroatoms. The van der Waals surface area contributed by atoms with Crippen molar-refractivity contribution in [1.82, 2.24) is 9.97 Å². The highest BCUT2D eigenvalue weighted by Gasteiger charge is 2.28. The minimum atomic E-state index is 0.484. The third-order valence-corrected chi connectivity index (χ3v) is 3.73. The summed E-state index contributed by atoms with van der Waals surface area (Å²) < 4.78 is 0. The van der Waals surface area contributed by atoms with Gasteiger partial charge in [0.1, 0.15) is 17.5 Å². The summed E-state index contributed by atoms with van der Waals surface area (Å²) in [5, 5.41) is 3.40. The van der Waals surface area contributed by atoms with Crippen LogP contribution < -0.4 is 16.6 Å². The lowest BCUT2D eigenvalue weighted by molar-refractivity contribution is 0.920. The van der Waals surface area contributed by atoms with Gasteiger partial charge in [0.15, 0.2) is 0 Å². The third-order valence-electron chi connectivity index (χ3n) is 3.73. The molecule has 4 N–H and O–H groups in total. The Morgan fingerprint density at radius 2 is 1.62 bits per heavy atom. The van der Waals surface area contributed by atoms with E-state index >= 15 is 0 Å². The van der Waals surface area contributed by atoms with E-state index in [-0.39, 0.29) is 0 Å². The largest absolute Gasteiger partial charge is 0.340 e. The van der Waals surface area contributed by atoms with Crippen LogP contribution in [-0.2, 0) is 0 Å². The molecule has 1 aliphatic carbocycles. The number of hydrogen-bond donors (Lipinski definition) is 3. The second-order valence-electron chi connectivity index (χ2n) is 5.82. The lowest BCUT2D eigenvalue weighted by atomic mass is 10.1. The number of aromatic nitrogens is 2. The molecular weight excluding hydrogens is 262 g/mol. The number of hydrogen-bond acceptors (Lipinski definition) is 5. The summed E-state index contributed by atoms with van der Waals surface area (Å²) in [6.07, 6.45) is 2.33. The summed E-state index contributed by atoms with van der Waals surface area (Å²) in [6.45, 7) is 6.15. The van der Waals surface area contributed by atoms with Gasteiger partial charge in [0.25, 0.3) is 0 Å². The Labute approximate surface area is 125 Å². The van der Waals surface area contributed by atoms with Crippen molar-refractivity contribution in [3.8, 4) is 0 Å². The predicted molar refractivity (Wildman–Crippen MR) is 85.8 cm³/mol. The minimum absolute atomic E-state index is 0.484. The Morgan fingerprint density at radius 3 is 2.19 bits per heavy atom. The topological polar surface area (TPSA) is 75.9 Å². The summed E-state index contributed by atoms with van der Waals surface area (Å²) in [4.78, 5) is 9.18. The molecule has 0 atom stereocenters. The number of nitrogens with one attached hydrogen (secondary N) is 2. The number of benzene rings is 1. The quantitative estimate of drug-likeness (QED) is 0.593. The molecule has 1 saturated carbocycles. The number of rotatable bonds is 4. The highest BCUT2D eigenvalue weighted by Crippen LogP contribution is 2.39. The van der Waals surface area contributed by atoms with Crippen LogP contribution in [-0.4, -0.2) is 9.97 Å². The molecular formula is C16H21N5. The van der Waals surface area contributed by atoms with Gasteiger partial charge in [-0.05, 0) is 56.9 Å². The first-order chi connectivity index (χ1) is 10.1. The van der Waals surface area contributed by atoms with Crippen LogP contribution >= 0.6 is 0 Å². The van der Waals surface area contributed by atoms with Crippen molar-refractivity contribution in [2.24, 2.45) is 5.84 Å². The molecule has 0 radical (unpaired) electrons. The van der Waals surface area contributed by atoms with E-state index in [1.54, 1.807) is 0 Å². The summed E-state index contributed by atoms with van der Waals surface area (Å²) in [7, 11) is 0. The molecule has 1 heterocycles. The Morgan fingerprint density at radius 1 is 1.00 bits per heavy atom. The van der Waals surface area contributed by atoms with Gasteiger partial charge >= 0.3 is 0 Å². The van der Waals surface area contributed by atoms with Crippen LogP contribution in [0.4, 0.5) is 17.3 Å². The summed E-state index contributed by atoms with van der Waals surface area (Å²) in [6, 6.07) is 6.38. The highest BCUT2D eigenvalue weighted by molar-refractivity contribution is 5.65. The van der Waals surface area contributed by atoms with E-state index in [1.165, 1.54) is 11.1 Å². The SMILES string of the molecule is Cc1cc(C)cc(Nc2nc(C3CC3)nc(NN)c2C)c1. The molecule has 3 rings (SSSR count). The van der Waals surface area contributed by atoms with E-state index < -0.39 is 0 Å². The fourth-order valence-electron chi connectivity index (χ4n) is 2.50. The van der Waals surface area contributed by atoms with Crippen molar-refractivity contribution in [1.29, 1.82) is 0 Å². The zero-order chi connectivity index (χ0) is 15.0. The molecule has 0 amide bonds. The molecule has 0 bridgehead atoms. The van der Waals surface area contributed by atoms with E-state index in [4.69, 9.17) is 5.84 Å². The van der Waals surface area contributed by atoms with E-state index in [9.17, 15) is 0 Å². The fourth-order valence-corrected chi connectivity index (χ4v) is 2.50. The lowest BCUT2D eigenvalue weighted by Crippen LogP contribution is -2.13. The number of hydrazine groups is 1. The second kappa shape index (κ2) is 5.33. The van der Waals surface area contributed by atoms with Crippen molar-refractivity contribution in [3.63, 3.8) is 0 Å². The van der Waals surface area contributed by atoms with E-state index in [0.29, 0.717) is 11.7 Å². The molecule has 1 fully saturated rings. The molecule has 0 spiro atoms. The standard InChI is InChI=1S/C16H21N5/c1-9-6-10(2)8-13(7-9)18-14-11(3)15(21-17)20-16(19-14)12-4-5-12/h6-8,12H,4-5,17H2,1-3H3,(H2,18,19,20,21). The van der Waals surface area contributed by atoms with Gasteiger partial charge in [-0.1, -0.05) is 6.07 Å². The van der Waals surface area contributed by atoms with Gasteiger partial charge in [-0.25, -0.2) is 15.8 Å². The molecule has 0 aliphatic heterocycles. The molecule has 5 nitrogen and oxygen atoms in total. The Balaban J connectivity index is 1.98. The number of nitrogens with two attached hydrogens (primary N) is 1. The first-order valence-corrected chi connectivity index (χ1v) is 7.27. The van der Waals surface area contributed by atoms with Crippen LogP contribution in [0, 0.1) is 20.8 Å². The summed E-state index contributed by atoms with van der Waals surface area (Å²) in [5.41, 5.74) is 7.10. The predicted octanol–water partition coefficient (Wildman–Crippen LogP) is 3.31. The fraction of sp³-hybridized carbons (Fsp3) is 0.375. The monoisotopic (exact) mass is 283 g/mol.